The largest absolute Gasteiger partial charge is 0.507 e. The molecule has 1 aliphatic heterocycles. The number of nitrogens with one attached hydrogen (secondary N) is 1. The van der Waals surface area contributed by atoms with Crippen LogP contribution >= 0.6 is 12.4 Å². The standard InChI is InChI=1S/C15H21F3N2O2.ClH/c1-22-11-2-3-12(14(21)10-11)13(4-5-15(16,17)18)20-8-6-19-7-9-20;/h2-3,10,13,19,21H,4-9H2,1H3;1H/t13-;/m1./s1. The minimum Gasteiger partial charge on any atom is -0.507 e. The van der Waals surface area contributed by atoms with Crippen molar-refractivity contribution in [3.05, 3.63) is 23.8 Å². The summed E-state index contributed by atoms with van der Waals surface area (Å²) in [5.41, 5.74) is 0.520. The molecule has 0 aliphatic carbocycles. The number of rotatable bonds is 5. The first kappa shape index (κ1) is 19.9. The summed E-state index contributed by atoms with van der Waals surface area (Å²) in [4.78, 5) is 1.99. The number of benzene rings is 1. The summed E-state index contributed by atoms with van der Waals surface area (Å²) in [6, 6.07) is 4.31. The SMILES string of the molecule is COc1ccc([C@@H](CCC(F)(F)F)N2CCNCC2)c(O)c1.Cl. The van der Waals surface area contributed by atoms with E-state index in [1.165, 1.54) is 13.2 Å². The number of ether oxygens (including phenoxy) is 1. The van der Waals surface area contributed by atoms with E-state index in [1.54, 1.807) is 12.1 Å². The maximum Gasteiger partial charge on any atom is 0.389 e. The van der Waals surface area contributed by atoms with Gasteiger partial charge in [-0.1, -0.05) is 6.07 Å². The smallest absolute Gasteiger partial charge is 0.389 e. The molecule has 132 valence electrons. The topological polar surface area (TPSA) is 44.7 Å². The van der Waals surface area contributed by atoms with E-state index in [-0.39, 0.29) is 24.6 Å². The molecule has 0 unspecified atom stereocenters. The van der Waals surface area contributed by atoms with Crippen LogP contribution in [0.5, 0.6) is 11.5 Å². The number of methoxy groups -OCH3 is 1. The Morgan fingerprint density at radius 1 is 1.30 bits per heavy atom. The van der Waals surface area contributed by atoms with Gasteiger partial charge in [0.05, 0.1) is 7.11 Å². The van der Waals surface area contributed by atoms with E-state index in [2.05, 4.69) is 5.32 Å². The van der Waals surface area contributed by atoms with Gasteiger partial charge in [0.25, 0.3) is 0 Å². The third kappa shape index (κ3) is 5.75. The van der Waals surface area contributed by atoms with E-state index in [9.17, 15) is 18.3 Å². The van der Waals surface area contributed by atoms with Crippen LogP contribution < -0.4 is 10.1 Å². The molecule has 0 amide bonds. The van der Waals surface area contributed by atoms with Gasteiger partial charge >= 0.3 is 6.18 Å². The highest BCUT2D eigenvalue weighted by Crippen LogP contribution is 2.37. The highest BCUT2D eigenvalue weighted by atomic mass is 35.5. The number of phenolic OH excluding ortho intramolecular Hbond substituents is 1. The molecule has 0 saturated carbocycles. The minimum absolute atomic E-state index is 0. The van der Waals surface area contributed by atoms with Gasteiger partial charge in [0, 0.05) is 50.3 Å². The molecule has 1 fully saturated rings. The molecule has 1 aliphatic rings. The molecule has 1 aromatic rings. The van der Waals surface area contributed by atoms with Gasteiger partial charge in [-0.05, 0) is 12.5 Å². The van der Waals surface area contributed by atoms with Gasteiger partial charge in [-0.2, -0.15) is 13.2 Å². The van der Waals surface area contributed by atoms with E-state index in [1.807, 2.05) is 4.90 Å². The zero-order valence-electron chi connectivity index (χ0n) is 12.9. The van der Waals surface area contributed by atoms with Gasteiger partial charge in [-0.25, -0.2) is 0 Å². The molecule has 1 aromatic carbocycles. The van der Waals surface area contributed by atoms with Gasteiger partial charge in [0.1, 0.15) is 11.5 Å². The number of hydrogen-bond donors (Lipinski definition) is 2. The van der Waals surface area contributed by atoms with Crippen LogP contribution in [0.15, 0.2) is 18.2 Å². The second-order valence-corrected chi connectivity index (χ2v) is 5.38. The zero-order valence-corrected chi connectivity index (χ0v) is 13.7. The van der Waals surface area contributed by atoms with Crippen LogP contribution in [0.1, 0.15) is 24.4 Å². The van der Waals surface area contributed by atoms with Gasteiger partial charge in [0.2, 0.25) is 0 Å². The summed E-state index contributed by atoms with van der Waals surface area (Å²) >= 11 is 0. The van der Waals surface area contributed by atoms with Crippen molar-refractivity contribution in [1.82, 2.24) is 10.2 Å². The lowest BCUT2D eigenvalue weighted by Crippen LogP contribution is -2.45. The molecule has 8 heteroatoms. The molecule has 1 saturated heterocycles. The lowest BCUT2D eigenvalue weighted by Gasteiger charge is -2.35. The molecule has 4 nitrogen and oxygen atoms in total. The number of phenols is 1. The van der Waals surface area contributed by atoms with E-state index in [4.69, 9.17) is 4.74 Å². The third-order valence-electron chi connectivity index (χ3n) is 3.89. The third-order valence-corrected chi connectivity index (χ3v) is 3.89. The molecule has 1 heterocycles. The van der Waals surface area contributed by atoms with E-state index in [0.717, 1.165) is 13.1 Å². The average molecular weight is 355 g/mol. The Labute approximate surface area is 140 Å². The van der Waals surface area contributed by atoms with Crippen LogP contribution in [0.3, 0.4) is 0 Å². The second kappa shape index (κ2) is 8.61. The maximum atomic E-state index is 12.6. The summed E-state index contributed by atoms with van der Waals surface area (Å²) in [6.07, 6.45) is -5.13. The van der Waals surface area contributed by atoms with Crippen LogP contribution in [0, 0.1) is 0 Å². The van der Waals surface area contributed by atoms with Gasteiger partial charge in [-0.15, -0.1) is 12.4 Å². The quantitative estimate of drug-likeness (QED) is 0.853. The molecule has 0 radical (unpaired) electrons. The Balaban J connectivity index is 0.00000264. The van der Waals surface area contributed by atoms with Crippen LogP contribution in [0.4, 0.5) is 13.2 Å². The lowest BCUT2D eigenvalue weighted by atomic mass is 9.98. The highest BCUT2D eigenvalue weighted by molar-refractivity contribution is 5.85. The number of aromatic hydroxyl groups is 1. The molecule has 23 heavy (non-hydrogen) atoms. The molecular formula is C15H22ClF3N2O2. The Kier molecular flexibility index (Phi) is 7.44. The lowest BCUT2D eigenvalue weighted by molar-refractivity contribution is -0.138. The first-order valence-electron chi connectivity index (χ1n) is 7.29. The predicted molar refractivity (Wildman–Crippen MR) is 84.4 cm³/mol. The van der Waals surface area contributed by atoms with E-state index < -0.39 is 18.6 Å². The Hall–Kier alpha value is -1.18. The van der Waals surface area contributed by atoms with Crippen molar-refractivity contribution >= 4 is 12.4 Å². The van der Waals surface area contributed by atoms with Crippen molar-refractivity contribution in [2.75, 3.05) is 33.3 Å². The monoisotopic (exact) mass is 354 g/mol. The van der Waals surface area contributed by atoms with Crippen LogP contribution in [0.2, 0.25) is 0 Å². The van der Waals surface area contributed by atoms with Crippen LogP contribution in [0.25, 0.3) is 0 Å². The van der Waals surface area contributed by atoms with E-state index >= 15 is 0 Å². The minimum atomic E-state index is -4.20. The summed E-state index contributed by atoms with van der Waals surface area (Å²) in [5, 5.41) is 13.3. The number of piperazine rings is 1. The normalized spacial score (nSPS) is 17.4. The molecule has 2 rings (SSSR count). The summed E-state index contributed by atoms with van der Waals surface area (Å²) in [5.74, 6) is 0.459. The number of hydrogen-bond acceptors (Lipinski definition) is 4. The highest BCUT2D eigenvalue weighted by Gasteiger charge is 2.32. The number of alkyl halides is 3. The summed E-state index contributed by atoms with van der Waals surface area (Å²) < 4.78 is 42.8. The van der Waals surface area contributed by atoms with E-state index in [0.29, 0.717) is 24.4 Å². The number of nitrogens with zero attached hydrogens (tertiary/aromatic N) is 1. The van der Waals surface area contributed by atoms with Gasteiger partial charge in [-0.3, -0.25) is 4.90 Å². The molecule has 0 bridgehead atoms. The predicted octanol–water partition coefficient (Wildman–Crippen LogP) is 3.11. The Bertz CT molecular complexity index is 494. The van der Waals surface area contributed by atoms with Crippen molar-refractivity contribution in [3.63, 3.8) is 0 Å². The Morgan fingerprint density at radius 3 is 2.48 bits per heavy atom. The molecule has 0 spiro atoms. The maximum absolute atomic E-state index is 12.6. The van der Waals surface area contributed by atoms with Crippen molar-refractivity contribution < 1.29 is 23.0 Å². The van der Waals surface area contributed by atoms with Crippen molar-refractivity contribution in [2.45, 2.75) is 25.1 Å². The average Bonchev–Trinajstić information content (AvgIpc) is 2.48. The molecule has 1 atom stereocenters. The van der Waals surface area contributed by atoms with Crippen LogP contribution in [-0.4, -0.2) is 49.5 Å². The van der Waals surface area contributed by atoms with Gasteiger partial charge < -0.3 is 15.2 Å². The van der Waals surface area contributed by atoms with Crippen molar-refractivity contribution in [1.29, 1.82) is 0 Å². The van der Waals surface area contributed by atoms with Gasteiger partial charge in [0.15, 0.2) is 0 Å². The number of halogens is 4. The first-order chi connectivity index (χ1) is 10.4. The summed E-state index contributed by atoms with van der Waals surface area (Å²) in [6.45, 7) is 2.79. The second-order valence-electron chi connectivity index (χ2n) is 5.38. The van der Waals surface area contributed by atoms with Crippen molar-refractivity contribution in [3.8, 4) is 11.5 Å². The molecular weight excluding hydrogens is 333 g/mol. The summed E-state index contributed by atoms with van der Waals surface area (Å²) in [7, 11) is 1.48. The molecule has 2 N–H and O–H groups in total. The zero-order chi connectivity index (χ0) is 16.2. The first-order valence-corrected chi connectivity index (χ1v) is 7.29. The van der Waals surface area contributed by atoms with Crippen molar-refractivity contribution in [2.24, 2.45) is 0 Å². The fourth-order valence-corrected chi connectivity index (χ4v) is 2.76. The fraction of sp³-hybridized carbons (Fsp3) is 0.600. The molecule has 0 aromatic heterocycles. The Morgan fingerprint density at radius 2 is 1.96 bits per heavy atom. The fourth-order valence-electron chi connectivity index (χ4n) is 2.76. The van der Waals surface area contributed by atoms with Crippen LogP contribution in [-0.2, 0) is 0 Å².